The summed E-state index contributed by atoms with van der Waals surface area (Å²) in [6.07, 6.45) is 0. The van der Waals surface area contributed by atoms with Gasteiger partial charge in [0.2, 0.25) is 5.95 Å². The third-order valence-corrected chi connectivity index (χ3v) is 4.20. The Balaban J connectivity index is 1.71. The molecule has 0 amide bonds. The lowest BCUT2D eigenvalue weighted by Crippen LogP contribution is -2.03. The summed E-state index contributed by atoms with van der Waals surface area (Å²) in [7, 11) is 0. The molecule has 0 aliphatic carbocycles. The SMILES string of the molecule is N#Cc1ccc(Nc2nc(Nc3ccccc3F)cc(-c3ccccc3)n2)cc1. The van der Waals surface area contributed by atoms with Gasteiger partial charge in [-0.3, -0.25) is 0 Å². The normalized spacial score (nSPS) is 10.2. The second-order valence-electron chi connectivity index (χ2n) is 6.25. The minimum atomic E-state index is -0.367. The number of aromatic nitrogens is 2. The molecular weight excluding hydrogens is 365 g/mol. The van der Waals surface area contributed by atoms with E-state index in [1.807, 2.05) is 30.3 Å². The minimum absolute atomic E-state index is 0.328. The van der Waals surface area contributed by atoms with E-state index in [1.165, 1.54) is 6.07 Å². The molecule has 0 spiro atoms. The Morgan fingerprint density at radius 2 is 1.52 bits per heavy atom. The lowest BCUT2D eigenvalue weighted by atomic mass is 10.1. The molecule has 140 valence electrons. The number of para-hydroxylation sites is 1. The Bertz CT molecular complexity index is 1170. The van der Waals surface area contributed by atoms with E-state index in [0.29, 0.717) is 28.7 Å². The fraction of sp³-hybridized carbons (Fsp3) is 0. The average molecular weight is 381 g/mol. The maximum Gasteiger partial charge on any atom is 0.229 e. The zero-order valence-electron chi connectivity index (χ0n) is 15.3. The van der Waals surface area contributed by atoms with Crippen molar-refractivity contribution in [3.8, 4) is 17.3 Å². The summed E-state index contributed by atoms with van der Waals surface area (Å²) >= 11 is 0. The van der Waals surface area contributed by atoms with Crippen LogP contribution in [0.25, 0.3) is 11.3 Å². The van der Waals surface area contributed by atoms with Crippen molar-refractivity contribution in [3.05, 3.63) is 96.3 Å². The highest BCUT2D eigenvalue weighted by Gasteiger charge is 2.09. The first-order valence-corrected chi connectivity index (χ1v) is 8.94. The number of halogens is 1. The molecule has 29 heavy (non-hydrogen) atoms. The number of benzene rings is 3. The number of rotatable bonds is 5. The molecule has 0 fully saturated rings. The van der Waals surface area contributed by atoms with E-state index in [-0.39, 0.29) is 5.82 Å². The molecule has 3 aromatic carbocycles. The van der Waals surface area contributed by atoms with Crippen LogP contribution in [0.4, 0.5) is 27.5 Å². The first-order valence-electron chi connectivity index (χ1n) is 8.94. The topological polar surface area (TPSA) is 73.6 Å². The Morgan fingerprint density at radius 1 is 0.793 bits per heavy atom. The first kappa shape index (κ1) is 18.1. The number of hydrogen-bond donors (Lipinski definition) is 2. The zero-order chi connectivity index (χ0) is 20.1. The number of anilines is 4. The van der Waals surface area contributed by atoms with Crippen molar-refractivity contribution in [2.24, 2.45) is 0 Å². The van der Waals surface area contributed by atoms with Gasteiger partial charge in [0.05, 0.1) is 23.0 Å². The van der Waals surface area contributed by atoms with Gasteiger partial charge in [0, 0.05) is 17.3 Å². The Labute approximate surface area is 167 Å². The lowest BCUT2D eigenvalue weighted by Gasteiger charge is -2.12. The molecule has 4 aromatic rings. The second-order valence-corrected chi connectivity index (χ2v) is 6.25. The highest BCUT2D eigenvalue weighted by molar-refractivity contribution is 5.69. The van der Waals surface area contributed by atoms with E-state index in [9.17, 15) is 4.39 Å². The summed E-state index contributed by atoms with van der Waals surface area (Å²) < 4.78 is 14.1. The standard InChI is InChI=1S/C23H16FN5/c24-19-8-4-5-9-20(19)27-22-14-21(17-6-2-1-3-7-17)28-23(29-22)26-18-12-10-16(15-25)11-13-18/h1-14H,(H2,26,27,28,29). The minimum Gasteiger partial charge on any atom is -0.338 e. The third kappa shape index (κ3) is 4.37. The molecule has 0 saturated carbocycles. The van der Waals surface area contributed by atoms with E-state index in [4.69, 9.17) is 5.26 Å². The highest BCUT2D eigenvalue weighted by atomic mass is 19.1. The monoisotopic (exact) mass is 381 g/mol. The summed E-state index contributed by atoms with van der Waals surface area (Å²) in [5.74, 6) is 0.448. The van der Waals surface area contributed by atoms with Crippen LogP contribution in [-0.2, 0) is 0 Å². The highest BCUT2D eigenvalue weighted by Crippen LogP contribution is 2.26. The summed E-state index contributed by atoms with van der Waals surface area (Å²) in [4.78, 5) is 9.05. The van der Waals surface area contributed by atoms with Crippen molar-refractivity contribution < 1.29 is 4.39 Å². The zero-order valence-corrected chi connectivity index (χ0v) is 15.3. The van der Waals surface area contributed by atoms with Crippen LogP contribution >= 0.6 is 0 Å². The fourth-order valence-corrected chi connectivity index (χ4v) is 2.78. The Morgan fingerprint density at radius 3 is 2.24 bits per heavy atom. The van der Waals surface area contributed by atoms with Crippen molar-refractivity contribution in [3.63, 3.8) is 0 Å². The summed E-state index contributed by atoms with van der Waals surface area (Å²) in [6, 6.07) is 26.9. The molecule has 0 unspecified atom stereocenters. The van der Waals surface area contributed by atoms with Crippen LogP contribution < -0.4 is 10.6 Å². The number of nitrogens with zero attached hydrogens (tertiary/aromatic N) is 3. The molecule has 1 heterocycles. The van der Waals surface area contributed by atoms with Gasteiger partial charge < -0.3 is 10.6 Å². The molecular formula is C23H16FN5. The van der Waals surface area contributed by atoms with Crippen molar-refractivity contribution in [1.29, 1.82) is 5.26 Å². The molecule has 0 aliphatic rings. The van der Waals surface area contributed by atoms with E-state index >= 15 is 0 Å². The molecule has 0 saturated heterocycles. The van der Waals surface area contributed by atoms with Crippen molar-refractivity contribution in [2.75, 3.05) is 10.6 Å². The quantitative estimate of drug-likeness (QED) is 0.468. The summed E-state index contributed by atoms with van der Waals surface area (Å²) in [5.41, 5.74) is 3.24. The third-order valence-electron chi connectivity index (χ3n) is 4.20. The van der Waals surface area contributed by atoms with Crippen molar-refractivity contribution in [2.45, 2.75) is 0 Å². The summed E-state index contributed by atoms with van der Waals surface area (Å²) in [6.45, 7) is 0. The van der Waals surface area contributed by atoms with E-state index in [0.717, 1.165) is 11.3 Å². The Kier molecular flexibility index (Phi) is 5.12. The maximum absolute atomic E-state index is 14.1. The van der Waals surface area contributed by atoms with Crippen LogP contribution in [0.5, 0.6) is 0 Å². The first-order chi connectivity index (χ1) is 14.2. The maximum atomic E-state index is 14.1. The molecule has 5 nitrogen and oxygen atoms in total. The number of hydrogen-bond acceptors (Lipinski definition) is 5. The molecule has 0 aliphatic heterocycles. The molecule has 2 N–H and O–H groups in total. The largest absolute Gasteiger partial charge is 0.338 e. The van der Waals surface area contributed by atoms with Gasteiger partial charge in [0.1, 0.15) is 11.6 Å². The van der Waals surface area contributed by atoms with Gasteiger partial charge in [-0.1, -0.05) is 42.5 Å². The summed E-state index contributed by atoms with van der Waals surface area (Å²) in [5, 5.41) is 15.1. The van der Waals surface area contributed by atoms with E-state index in [1.54, 1.807) is 48.5 Å². The Hall–Kier alpha value is -4.24. The van der Waals surface area contributed by atoms with Gasteiger partial charge in [-0.05, 0) is 36.4 Å². The smallest absolute Gasteiger partial charge is 0.229 e. The van der Waals surface area contributed by atoms with Crippen LogP contribution in [-0.4, -0.2) is 9.97 Å². The van der Waals surface area contributed by atoms with Crippen LogP contribution in [0.15, 0.2) is 84.9 Å². The number of nitrogens with one attached hydrogen (secondary N) is 2. The van der Waals surface area contributed by atoms with E-state index in [2.05, 4.69) is 26.7 Å². The van der Waals surface area contributed by atoms with Gasteiger partial charge in [-0.15, -0.1) is 0 Å². The molecule has 1 aromatic heterocycles. The van der Waals surface area contributed by atoms with Gasteiger partial charge in [0.15, 0.2) is 0 Å². The van der Waals surface area contributed by atoms with Crippen LogP contribution in [0.1, 0.15) is 5.56 Å². The molecule has 0 atom stereocenters. The van der Waals surface area contributed by atoms with Gasteiger partial charge in [-0.25, -0.2) is 9.37 Å². The van der Waals surface area contributed by atoms with Crippen LogP contribution in [0.2, 0.25) is 0 Å². The fourth-order valence-electron chi connectivity index (χ4n) is 2.78. The number of nitriles is 1. The molecule has 0 radical (unpaired) electrons. The predicted octanol–water partition coefficient (Wildman–Crippen LogP) is 5.64. The van der Waals surface area contributed by atoms with Gasteiger partial charge in [0.25, 0.3) is 0 Å². The van der Waals surface area contributed by atoms with Crippen molar-refractivity contribution in [1.82, 2.24) is 9.97 Å². The van der Waals surface area contributed by atoms with Crippen molar-refractivity contribution >= 4 is 23.1 Å². The second kappa shape index (κ2) is 8.19. The molecule has 0 bridgehead atoms. The average Bonchev–Trinajstić information content (AvgIpc) is 2.76. The molecule has 6 heteroatoms. The molecule has 4 rings (SSSR count). The van der Waals surface area contributed by atoms with Gasteiger partial charge in [-0.2, -0.15) is 10.2 Å². The van der Waals surface area contributed by atoms with Gasteiger partial charge >= 0.3 is 0 Å². The van der Waals surface area contributed by atoms with Crippen LogP contribution in [0, 0.1) is 17.1 Å². The van der Waals surface area contributed by atoms with E-state index < -0.39 is 0 Å². The predicted molar refractivity (Wildman–Crippen MR) is 112 cm³/mol. The van der Waals surface area contributed by atoms with Crippen LogP contribution in [0.3, 0.4) is 0 Å². The lowest BCUT2D eigenvalue weighted by molar-refractivity contribution is 0.632.